The standard InChI is InChI=1S/3CN.Cu.2Na/c3*1-2;;;/q3*-1;3*+1. The molecular formula is C3CuN3Na2. The molecule has 0 rings (SSSR count). The van der Waals surface area contributed by atoms with Crippen LogP contribution in [-0.2, 0) is 17.1 Å². The van der Waals surface area contributed by atoms with Gasteiger partial charge in [0.15, 0.2) is 0 Å². The summed E-state index contributed by atoms with van der Waals surface area (Å²) in [6, 6.07) is 0. The maximum Gasteiger partial charge on any atom is 1.00 e. The van der Waals surface area contributed by atoms with Crippen LogP contribution in [0.25, 0.3) is 0 Å². The van der Waals surface area contributed by atoms with Gasteiger partial charge in [0.05, 0.1) is 0 Å². The predicted octanol–water partition coefficient (Wildman–Crippen LogP) is -5.71. The Bertz CT molecular complexity index is 45.5. The summed E-state index contributed by atoms with van der Waals surface area (Å²) in [6.45, 7) is 14.2. The molecule has 0 bridgehead atoms. The second kappa shape index (κ2) is 586. The molecule has 3 nitrogen and oxygen atoms in total. The third kappa shape index (κ3) is 449. The molecule has 0 radical (unpaired) electrons. The van der Waals surface area contributed by atoms with Crippen molar-refractivity contribution >= 4 is 0 Å². The van der Waals surface area contributed by atoms with Crippen LogP contribution in [0.1, 0.15) is 0 Å². The van der Waals surface area contributed by atoms with Gasteiger partial charge in [-0.15, -0.1) is 0 Å². The van der Waals surface area contributed by atoms with Gasteiger partial charge in [-0.2, -0.15) is 0 Å². The minimum absolute atomic E-state index is 0. The molecule has 9 heavy (non-hydrogen) atoms. The van der Waals surface area contributed by atoms with Crippen molar-refractivity contribution in [1.82, 2.24) is 0 Å². The summed E-state index contributed by atoms with van der Waals surface area (Å²) in [4.78, 5) is 0. The molecule has 0 aliphatic carbocycles. The quantitative estimate of drug-likeness (QED) is 0.280. The second-order valence-corrected chi connectivity index (χ2v) is 0. The zero-order valence-corrected chi connectivity index (χ0v) is 10.1. The van der Waals surface area contributed by atoms with E-state index in [-0.39, 0.29) is 76.2 Å². The zero-order chi connectivity index (χ0) is 6.00. The number of hydrogen-bond donors (Lipinski definition) is 0. The van der Waals surface area contributed by atoms with Crippen molar-refractivity contribution in [3.8, 4) is 0 Å². The number of rotatable bonds is 0. The molecule has 0 saturated heterocycles. The van der Waals surface area contributed by atoms with Crippen molar-refractivity contribution in [2.45, 2.75) is 0 Å². The van der Waals surface area contributed by atoms with Gasteiger partial charge >= 0.3 is 76.2 Å². The van der Waals surface area contributed by atoms with E-state index in [1.165, 1.54) is 0 Å². The molecule has 0 N–H and O–H groups in total. The summed E-state index contributed by atoms with van der Waals surface area (Å²) in [6.07, 6.45) is 0. The van der Waals surface area contributed by atoms with E-state index in [1.807, 2.05) is 0 Å². The Kier molecular flexibility index (Phi) is 3300. The molecule has 0 aromatic carbocycles. The first-order valence-corrected chi connectivity index (χ1v) is 0.671. The largest absolute Gasteiger partial charge is 1.00 e. The SMILES string of the molecule is [C-]#N.[C-]#N.[C-]#N.[Cu+].[Na+].[Na+]. The van der Waals surface area contributed by atoms with Crippen LogP contribution in [0.5, 0.6) is 0 Å². The average molecular weight is 188 g/mol. The smallest absolute Gasteiger partial charge is 0.512 e. The third-order valence-electron chi connectivity index (χ3n) is 0. The van der Waals surface area contributed by atoms with Crippen LogP contribution in [0, 0.1) is 35.5 Å². The van der Waals surface area contributed by atoms with Crippen LogP contribution in [0.4, 0.5) is 0 Å². The molecule has 0 atom stereocenters. The summed E-state index contributed by atoms with van der Waals surface area (Å²) in [5.74, 6) is 0. The summed E-state index contributed by atoms with van der Waals surface area (Å²) < 4.78 is 0. The van der Waals surface area contributed by atoms with Crippen LogP contribution in [0.2, 0.25) is 0 Å². The van der Waals surface area contributed by atoms with Crippen LogP contribution >= 0.6 is 0 Å². The normalized spacial score (nSPS) is 0.667. The Labute approximate surface area is 110 Å². The van der Waals surface area contributed by atoms with Crippen molar-refractivity contribution in [2.75, 3.05) is 0 Å². The van der Waals surface area contributed by atoms with Gasteiger partial charge in [-0.1, -0.05) is 0 Å². The Morgan fingerprint density at radius 2 is 0.556 bits per heavy atom. The van der Waals surface area contributed by atoms with Gasteiger partial charge in [0.2, 0.25) is 0 Å². The van der Waals surface area contributed by atoms with Gasteiger partial charge in [-0.3, -0.25) is 0 Å². The Morgan fingerprint density at radius 3 is 0.556 bits per heavy atom. The molecule has 0 fully saturated rings. The van der Waals surface area contributed by atoms with Gasteiger partial charge in [-0.25, -0.2) is 0 Å². The molecule has 0 aromatic heterocycles. The molecule has 40 valence electrons. The van der Waals surface area contributed by atoms with Crippen molar-refractivity contribution < 1.29 is 76.2 Å². The molecule has 0 spiro atoms. The van der Waals surface area contributed by atoms with E-state index in [9.17, 15) is 0 Å². The van der Waals surface area contributed by atoms with Gasteiger partial charge in [0.1, 0.15) is 0 Å². The first kappa shape index (κ1) is 50.7. The van der Waals surface area contributed by atoms with Crippen LogP contribution in [-0.4, -0.2) is 0 Å². The van der Waals surface area contributed by atoms with Crippen LogP contribution in [0.15, 0.2) is 0 Å². The van der Waals surface area contributed by atoms with E-state index < -0.39 is 0 Å². The number of nitrogens with zero attached hydrogens (tertiary/aromatic N) is 3. The van der Waals surface area contributed by atoms with E-state index >= 15 is 0 Å². The van der Waals surface area contributed by atoms with Gasteiger partial charge in [0.25, 0.3) is 0 Å². The van der Waals surface area contributed by atoms with Gasteiger partial charge in [-0.05, 0) is 0 Å². The van der Waals surface area contributed by atoms with E-state index in [4.69, 9.17) is 35.5 Å². The molecule has 0 aromatic rings. The molecule has 0 amide bonds. The van der Waals surface area contributed by atoms with E-state index in [1.54, 1.807) is 0 Å². The fourth-order valence-corrected chi connectivity index (χ4v) is 0. The summed E-state index contributed by atoms with van der Waals surface area (Å²) >= 11 is 0. The Hall–Kier alpha value is 0.989. The Morgan fingerprint density at radius 1 is 0.556 bits per heavy atom. The third-order valence-corrected chi connectivity index (χ3v) is 0. The maximum absolute atomic E-state index is 6.25. The fraction of sp³-hybridized carbons (Fsp3) is 0. The minimum Gasteiger partial charge on any atom is -0.512 e. The monoisotopic (exact) mass is 187 g/mol. The molecule has 0 aliphatic rings. The second-order valence-electron chi connectivity index (χ2n) is 0. The molecule has 0 unspecified atom stereocenters. The molecule has 0 aliphatic heterocycles. The topological polar surface area (TPSA) is 71.4 Å². The summed E-state index contributed by atoms with van der Waals surface area (Å²) in [7, 11) is 0. The van der Waals surface area contributed by atoms with Crippen molar-refractivity contribution in [3.63, 3.8) is 0 Å². The fourth-order valence-electron chi connectivity index (χ4n) is 0. The summed E-state index contributed by atoms with van der Waals surface area (Å²) in [5, 5.41) is 18.8. The first-order valence-electron chi connectivity index (χ1n) is 0.671. The molecular weight excluding hydrogens is 188 g/mol. The van der Waals surface area contributed by atoms with Crippen molar-refractivity contribution in [1.29, 1.82) is 15.8 Å². The maximum atomic E-state index is 6.25. The molecule has 0 saturated carbocycles. The van der Waals surface area contributed by atoms with Crippen molar-refractivity contribution in [3.05, 3.63) is 19.7 Å². The molecule has 6 heteroatoms. The summed E-state index contributed by atoms with van der Waals surface area (Å²) in [5.41, 5.74) is 0. The minimum atomic E-state index is 0. The van der Waals surface area contributed by atoms with Crippen molar-refractivity contribution in [2.24, 2.45) is 0 Å². The van der Waals surface area contributed by atoms with E-state index in [0.717, 1.165) is 0 Å². The first-order chi connectivity index (χ1) is 3.00. The van der Waals surface area contributed by atoms with Gasteiger partial charge in [0, 0.05) is 0 Å². The Balaban J connectivity index is -0.00000000321. The van der Waals surface area contributed by atoms with Gasteiger partial charge < -0.3 is 35.5 Å². The number of hydrogen-bond acceptors (Lipinski definition) is 3. The molecule has 0 heterocycles. The van der Waals surface area contributed by atoms with E-state index in [2.05, 4.69) is 0 Å². The average Bonchev–Trinajstić information content (AvgIpc) is 1.81. The van der Waals surface area contributed by atoms with Crippen LogP contribution < -0.4 is 59.1 Å². The van der Waals surface area contributed by atoms with Crippen LogP contribution in [0.3, 0.4) is 0 Å². The zero-order valence-electron chi connectivity index (χ0n) is 5.14. The van der Waals surface area contributed by atoms with E-state index in [0.29, 0.717) is 0 Å². The predicted molar refractivity (Wildman–Crippen MR) is 14.9 cm³/mol.